The maximum absolute atomic E-state index is 9.00. The second-order valence-corrected chi connectivity index (χ2v) is 0.519. The fourth-order valence-corrected chi connectivity index (χ4v) is 0. The van der Waals surface area contributed by atoms with Crippen LogP contribution in [0.2, 0.25) is 0 Å². The number of carboxylic acid groups (broad SMARTS) is 1. The van der Waals surface area contributed by atoms with Crippen LogP contribution in [0.3, 0.4) is 0 Å². The first-order chi connectivity index (χ1) is 1.73. The summed E-state index contributed by atoms with van der Waals surface area (Å²) in [5.41, 5.74) is 0. The first-order valence-electron chi connectivity index (χ1n) is 0.928. The number of carboxylic acids is 1. The monoisotopic (exact) mass is 242 g/mol. The van der Waals surface area contributed by atoms with Gasteiger partial charge in [-0.3, -0.25) is 4.79 Å². The summed E-state index contributed by atoms with van der Waals surface area (Å²) in [6.07, 6.45) is 0. The molecule has 0 aromatic rings. The van der Waals surface area contributed by atoms with Crippen molar-refractivity contribution in [3.8, 4) is 0 Å². The third-order valence-corrected chi connectivity index (χ3v) is 0. The zero-order chi connectivity index (χ0) is 3.58. The molecule has 0 saturated carbocycles. The van der Waals surface area contributed by atoms with Gasteiger partial charge in [-0.05, 0) is 0 Å². The fraction of sp³-hybridized carbons (Fsp3) is 0.500. The van der Waals surface area contributed by atoms with E-state index in [0.29, 0.717) is 0 Å². The van der Waals surface area contributed by atoms with Crippen LogP contribution in [-0.4, -0.2) is 16.6 Å². The predicted molar refractivity (Wildman–Crippen MR) is 16.9 cm³/mol. The van der Waals surface area contributed by atoms with Crippen molar-refractivity contribution in [3.63, 3.8) is 0 Å². The topological polar surface area (TPSA) is 68.8 Å². The molecule has 0 aliphatic rings. The van der Waals surface area contributed by atoms with Crippen molar-refractivity contribution in [2.24, 2.45) is 0 Å². The molecule has 0 unspecified atom stereocenters. The van der Waals surface area contributed by atoms with Crippen molar-refractivity contribution in [3.05, 3.63) is 0 Å². The van der Waals surface area contributed by atoms with Gasteiger partial charge in [0.25, 0.3) is 5.97 Å². The molecule has 0 spiro atoms. The molecule has 39 valence electrons. The Morgan fingerprint density at radius 3 is 1.67 bits per heavy atom. The van der Waals surface area contributed by atoms with Crippen LogP contribution >= 0.6 is 0 Å². The van der Waals surface area contributed by atoms with Crippen LogP contribution < -0.4 is 0 Å². The van der Waals surface area contributed by atoms with Gasteiger partial charge in [-0.1, -0.05) is 0 Å². The molecule has 3 nitrogen and oxygen atoms in total. The second-order valence-electron chi connectivity index (χ2n) is 0.519. The summed E-state index contributed by atoms with van der Waals surface area (Å²) in [6.45, 7) is 1.08. The van der Waals surface area contributed by atoms with Crippen molar-refractivity contribution in [1.82, 2.24) is 0 Å². The van der Waals surface area contributed by atoms with E-state index >= 15 is 0 Å². The van der Waals surface area contributed by atoms with Gasteiger partial charge in [-0.2, -0.15) is 0 Å². The SMILES string of the molecule is CC(=O)O.O.[Dy+3]. The van der Waals surface area contributed by atoms with Crippen LogP contribution in [-0.2, 0) is 4.79 Å². The van der Waals surface area contributed by atoms with Crippen molar-refractivity contribution < 1.29 is 53.6 Å². The average molecular weight is 241 g/mol. The van der Waals surface area contributed by atoms with Crippen LogP contribution in [0, 0.1) is 38.2 Å². The number of carbonyl (C=O) groups is 1. The van der Waals surface area contributed by atoms with Gasteiger partial charge in [0, 0.05) is 6.92 Å². The zero-order valence-corrected chi connectivity index (χ0v) is 5.20. The number of hydrogen-bond acceptors (Lipinski definition) is 1. The Balaban J connectivity index is -0.0000000450. The molecule has 0 saturated heterocycles. The summed E-state index contributed by atoms with van der Waals surface area (Å²) in [5.74, 6) is -0.833. The molecule has 6 heavy (non-hydrogen) atoms. The molecule has 0 aromatic carbocycles. The van der Waals surface area contributed by atoms with E-state index in [2.05, 4.69) is 0 Å². The third-order valence-electron chi connectivity index (χ3n) is 0. The van der Waals surface area contributed by atoms with Crippen LogP contribution in [0.4, 0.5) is 0 Å². The largest absolute Gasteiger partial charge is 3.00 e. The average Bonchev–Trinajstić information content (AvgIpc) is 0.811. The van der Waals surface area contributed by atoms with E-state index in [-0.39, 0.29) is 43.6 Å². The summed E-state index contributed by atoms with van der Waals surface area (Å²) in [4.78, 5) is 9.00. The molecular formula is C2H6DyO3+3. The van der Waals surface area contributed by atoms with Crippen molar-refractivity contribution >= 4 is 5.97 Å². The predicted octanol–water partition coefficient (Wildman–Crippen LogP) is -0.734. The van der Waals surface area contributed by atoms with Gasteiger partial charge in [-0.25, -0.2) is 0 Å². The standard InChI is InChI=1S/C2H4O2.Dy.H2O/c1-2(3)4;;/h1H3,(H,3,4);;1H2/q;+3;. The molecule has 0 heterocycles. The Morgan fingerprint density at radius 1 is 1.67 bits per heavy atom. The van der Waals surface area contributed by atoms with E-state index < -0.39 is 5.97 Å². The molecule has 4 heteroatoms. The van der Waals surface area contributed by atoms with Gasteiger partial charge in [0.05, 0.1) is 0 Å². The van der Waals surface area contributed by atoms with Gasteiger partial charge in [-0.15, -0.1) is 0 Å². The van der Waals surface area contributed by atoms with Crippen molar-refractivity contribution in [2.75, 3.05) is 0 Å². The van der Waals surface area contributed by atoms with Gasteiger partial charge >= 0.3 is 38.2 Å². The molecule has 0 bridgehead atoms. The maximum atomic E-state index is 9.00. The second kappa shape index (κ2) is 9.20. The minimum absolute atomic E-state index is 0. The smallest absolute Gasteiger partial charge is 0.481 e. The zero-order valence-electron chi connectivity index (χ0n) is 3.17. The summed E-state index contributed by atoms with van der Waals surface area (Å²) >= 11 is 0. The quantitative estimate of drug-likeness (QED) is 0.606. The van der Waals surface area contributed by atoms with Gasteiger partial charge in [0.1, 0.15) is 0 Å². The minimum atomic E-state index is -0.833. The molecule has 0 fully saturated rings. The normalized spacial score (nSPS) is 4.17. The Kier molecular flexibility index (Phi) is 24.4. The van der Waals surface area contributed by atoms with E-state index in [1.807, 2.05) is 0 Å². The number of aliphatic carboxylic acids is 1. The molecule has 0 aliphatic heterocycles. The molecule has 0 aliphatic carbocycles. The Bertz CT molecular complexity index is 31.8. The van der Waals surface area contributed by atoms with Gasteiger partial charge in [0.2, 0.25) is 0 Å². The van der Waals surface area contributed by atoms with E-state index in [0.717, 1.165) is 6.92 Å². The number of rotatable bonds is 0. The van der Waals surface area contributed by atoms with E-state index in [1.165, 1.54) is 0 Å². The summed E-state index contributed by atoms with van der Waals surface area (Å²) < 4.78 is 0. The number of hydrogen-bond donors (Lipinski definition) is 1. The van der Waals surface area contributed by atoms with Gasteiger partial charge < -0.3 is 10.6 Å². The molecule has 0 atom stereocenters. The molecule has 1 radical (unpaired) electrons. The molecule has 0 aromatic heterocycles. The van der Waals surface area contributed by atoms with Gasteiger partial charge in [0.15, 0.2) is 0 Å². The third kappa shape index (κ3) is 131. The van der Waals surface area contributed by atoms with Crippen LogP contribution in [0.5, 0.6) is 0 Å². The van der Waals surface area contributed by atoms with Crippen LogP contribution in [0.1, 0.15) is 6.92 Å². The van der Waals surface area contributed by atoms with E-state index in [4.69, 9.17) is 9.90 Å². The van der Waals surface area contributed by atoms with Crippen molar-refractivity contribution in [2.45, 2.75) is 6.92 Å². The molecular weight excluding hydrogens is 235 g/mol. The minimum Gasteiger partial charge on any atom is -0.481 e. The van der Waals surface area contributed by atoms with Crippen molar-refractivity contribution in [1.29, 1.82) is 0 Å². The van der Waals surface area contributed by atoms with E-state index in [9.17, 15) is 0 Å². The van der Waals surface area contributed by atoms with E-state index in [1.54, 1.807) is 0 Å². The molecule has 0 rings (SSSR count). The Morgan fingerprint density at radius 2 is 1.67 bits per heavy atom. The summed E-state index contributed by atoms with van der Waals surface area (Å²) in [5, 5.41) is 7.42. The first kappa shape index (κ1) is 15.9. The summed E-state index contributed by atoms with van der Waals surface area (Å²) in [7, 11) is 0. The van der Waals surface area contributed by atoms with Crippen LogP contribution in [0.25, 0.3) is 0 Å². The fourth-order valence-electron chi connectivity index (χ4n) is 0. The Labute approximate surface area is 66.1 Å². The summed E-state index contributed by atoms with van der Waals surface area (Å²) in [6, 6.07) is 0. The van der Waals surface area contributed by atoms with Crippen LogP contribution in [0.15, 0.2) is 0 Å². The first-order valence-corrected chi connectivity index (χ1v) is 0.928. The molecule has 3 N–H and O–H groups in total. The molecule has 0 amide bonds. The Hall–Kier alpha value is 0.703. The maximum Gasteiger partial charge on any atom is 3.00 e.